The lowest BCUT2D eigenvalue weighted by Gasteiger charge is -2.22. The monoisotopic (exact) mass is 640 g/mol. The van der Waals surface area contributed by atoms with Crippen LogP contribution in [0.15, 0.2) is 42.5 Å². The van der Waals surface area contributed by atoms with E-state index in [9.17, 15) is 19.5 Å². The molecule has 3 rings (SSSR count). The Kier molecular flexibility index (Phi) is 18.4. The Morgan fingerprint density at radius 2 is 1.73 bits per heavy atom. The Morgan fingerprint density at radius 1 is 1.00 bits per heavy atom. The van der Waals surface area contributed by atoms with Gasteiger partial charge in [-0.05, 0) is 91.2 Å². The molecule has 0 spiro atoms. The van der Waals surface area contributed by atoms with Crippen molar-refractivity contribution < 1.29 is 24.2 Å². The molecule has 1 fully saturated rings. The van der Waals surface area contributed by atoms with Crippen molar-refractivity contribution in [3.8, 4) is 11.1 Å². The minimum absolute atomic E-state index is 0.222. The smallest absolute Gasteiger partial charge is 0.407 e. The highest BCUT2D eigenvalue weighted by molar-refractivity contribution is 7.98. The summed E-state index contributed by atoms with van der Waals surface area (Å²) in [7, 11) is 0. The zero-order valence-corrected chi connectivity index (χ0v) is 29.0. The number of carboxylic acid groups (broad SMARTS) is 1. The molecule has 2 amide bonds. The zero-order chi connectivity index (χ0) is 33.0. The number of aliphatic carboxylic acids is 1. The van der Waals surface area contributed by atoms with Crippen LogP contribution in [0.3, 0.4) is 0 Å². The van der Waals surface area contributed by atoms with E-state index in [1.165, 1.54) is 51.4 Å². The fourth-order valence-electron chi connectivity index (χ4n) is 5.60. The molecule has 0 heterocycles. The summed E-state index contributed by atoms with van der Waals surface area (Å²) in [6.07, 6.45) is 14.2. The Balaban J connectivity index is 0.000000330. The Labute approximate surface area is 275 Å². The van der Waals surface area contributed by atoms with Crippen LogP contribution in [0.5, 0.6) is 0 Å². The first kappa shape index (κ1) is 38.2. The number of unbranched alkanes of at least 4 members (excludes halogenated alkanes) is 1. The van der Waals surface area contributed by atoms with Crippen LogP contribution in [0.25, 0.3) is 11.1 Å². The van der Waals surface area contributed by atoms with Gasteiger partial charge in [0.15, 0.2) is 0 Å². The van der Waals surface area contributed by atoms with Gasteiger partial charge in [0.2, 0.25) is 0 Å². The molecule has 8 heteroatoms. The molecule has 45 heavy (non-hydrogen) atoms. The number of carbonyl (C=O) groups excluding carboxylic acids is 2. The predicted octanol–water partition coefficient (Wildman–Crippen LogP) is 8.67. The van der Waals surface area contributed by atoms with Crippen LogP contribution in [0.2, 0.25) is 0 Å². The van der Waals surface area contributed by atoms with Crippen molar-refractivity contribution in [2.45, 2.75) is 104 Å². The average molecular weight is 641 g/mol. The van der Waals surface area contributed by atoms with Crippen LogP contribution in [-0.2, 0) is 16.0 Å². The van der Waals surface area contributed by atoms with Crippen molar-refractivity contribution >= 4 is 29.7 Å². The molecule has 1 aliphatic carbocycles. The van der Waals surface area contributed by atoms with Gasteiger partial charge < -0.3 is 20.5 Å². The number of hydrogen-bond acceptors (Lipinski definition) is 5. The van der Waals surface area contributed by atoms with Crippen LogP contribution >= 0.6 is 11.8 Å². The van der Waals surface area contributed by atoms with Crippen LogP contribution < -0.4 is 10.6 Å². The molecule has 1 saturated carbocycles. The molecule has 7 nitrogen and oxygen atoms in total. The molecule has 2 aromatic carbocycles. The third-order valence-corrected chi connectivity index (χ3v) is 9.28. The minimum Gasteiger partial charge on any atom is -0.480 e. The van der Waals surface area contributed by atoms with Gasteiger partial charge in [0, 0.05) is 12.1 Å². The summed E-state index contributed by atoms with van der Waals surface area (Å²) in [5, 5.41) is 15.0. The first-order valence-corrected chi connectivity index (χ1v) is 18.2. The molecule has 0 saturated heterocycles. The summed E-state index contributed by atoms with van der Waals surface area (Å²) in [6, 6.07) is 12.8. The number of benzene rings is 2. The third-order valence-electron chi connectivity index (χ3n) is 8.64. The maximum atomic E-state index is 12.8. The molecule has 0 aliphatic heterocycles. The summed E-state index contributed by atoms with van der Waals surface area (Å²) < 4.78 is 5.33. The third kappa shape index (κ3) is 13.9. The maximum absolute atomic E-state index is 12.8. The van der Waals surface area contributed by atoms with Crippen molar-refractivity contribution in [3.63, 3.8) is 0 Å². The van der Waals surface area contributed by atoms with Gasteiger partial charge in [-0.3, -0.25) is 4.79 Å². The first-order valence-electron chi connectivity index (χ1n) is 16.9. The van der Waals surface area contributed by atoms with E-state index in [2.05, 4.69) is 31.4 Å². The number of ether oxygens (including phenoxy) is 1. The highest BCUT2D eigenvalue weighted by Crippen LogP contribution is 2.28. The van der Waals surface area contributed by atoms with Gasteiger partial charge in [0.1, 0.15) is 6.04 Å². The molecular formula is C37H56N2O5S. The van der Waals surface area contributed by atoms with Crippen LogP contribution in [0.1, 0.15) is 106 Å². The lowest BCUT2D eigenvalue weighted by Crippen LogP contribution is -2.41. The zero-order valence-electron chi connectivity index (χ0n) is 28.2. The number of alkyl carbamates (subject to hydrolysis) is 1. The number of thioether (sulfide) groups is 1. The van der Waals surface area contributed by atoms with Crippen molar-refractivity contribution in [1.29, 1.82) is 0 Å². The molecule has 0 radical (unpaired) electrons. The molecule has 250 valence electrons. The number of carboxylic acids is 1. The summed E-state index contributed by atoms with van der Waals surface area (Å²) in [5.41, 5.74) is 4.55. The van der Waals surface area contributed by atoms with Crippen LogP contribution in [0.4, 0.5) is 4.79 Å². The van der Waals surface area contributed by atoms with Crippen molar-refractivity contribution in [3.05, 3.63) is 59.2 Å². The van der Waals surface area contributed by atoms with Gasteiger partial charge in [-0.15, -0.1) is 0 Å². The van der Waals surface area contributed by atoms with E-state index in [-0.39, 0.29) is 12.0 Å². The standard InChI is InChI=1S/C21H25NO3S.C16H31NO2/c1-4-15-9-10-17(18(13-15)16-8-6-5-7-14(16)2)20(23)22-19(21(24)25)11-12-26-3;1-3-5-9-14(4-2)13-19-16(18)17-12-15-10-7-6-8-11-15/h5-10,13,19H,4,11-12H2,1-3H3,(H,22,23)(H,24,25);14-15H,3-13H2,1-2H3,(H,17,18). The second-order valence-corrected chi connectivity index (χ2v) is 13.1. The number of nitrogens with one attached hydrogen (secondary N) is 2. The Hall–Kier alpha value is -3.00. The van der Waals surface area contributed by atoms with Crippen LogP contribution in [-0.4, -0.2) is 54.3 Å². The molecule has 2 unspecified atom stereocenters. The summed E-state index contributed by atoms with van der Waals surface area (Å²) in [5.74, 6) is 0.523. The largest absolute Gasteiger partial charge is 0.480 e. The highest BCUT2D eigenvalue weighted by atomic mass is 32.2. The van der Waals surface area contributed by atoms with Crippen molar-refractivity contribution in [2.75, 3.05) is 25.2 Å². The lowest BCUT2D eigenvalue weighted by molar-refractivity contribution is -0.139. The topological polar surface area (TPSA) is 105 Å². The summed E-state index contributed by atoms with van der Waals surface area (Å²) in [4.78, 5) is 36.0. The fraction of sp³-hybridized carbons (Fsp3) is 0.595. The average Bonchev–Trinajstić information content (AvgIpc) is 3.06. The number of carbonyl (C=O) groups is 3. The van der Waals surface area contributed by atoms with Gasteiger partial charge in [-0.1, -0.05) is 95.7 Å². The molecule has 2 atom stereocenters. The van der Waals surface area contributed by atoms with E-state index in [0.29, 0.717) is 36.2 Å². The maximum Gasteiger partial charge on any atom is 0.407 e. The minimum atomic E-state index is -1.00. The molecule has 2 aromatic rings. The SMILES string of the molecule is CCCCC(CC)COC(=O)NCC1CCCCC1.CCc1ccc(C(=O)NC(CCSC)C(=O)O)c(-c2ccccc2C)c1. The lowest BCUT2D eigenvalue weighted by atomic mass is 9.89. The molecule has 1 aliphatic rings. The number of aryl methyl sites for hydroxylation is 2. The second kappa shape index (κ2) is 21.7. The Bertz CT molecular complexity index is 1180. The number of amides is 2. The fourth-order valence-corrected chi connectivity index (χ4v) is 6.07. The first-order chi connectivity index (χ1) is 21.7. The molecule has 3 N–H and O–H groups in total. The molecular weight excluding hydrogens is 584 g/mol. The van der Waals surface area contributed by atoms with Gasteiger partial charge in [-0.2, -0.15) is 11.8 Å². The predicted molar refractivity (Wildman–Crippen MR) is 187 cm³/mol. The second-order valence-electron chi connectivity index (χ2n) is 12.1. The van der Waals surface area contributed by atoms with E-state index in [1.807, 2.05) is 49.6 Å². The van der Waals surface area contributed by atoms with Crippen LogP contribution in [0, 0.1) is 18.8 Å². The Morgan fingerprint density at radius 3 is 2.36 bits per heavy atom. The number of hydrogen-bond donors (Lipinski definition) is 3. The number of rotatable bonds is 16. The quantitative estimate of drug-likeness (QED) is 0.170. The molecule has 0 aromatic heterocycles. The van der Waals surface area contributed by atoms with Crippen molar-refractivity contribution in [1.82, 2.24) is 10.6 Å². The van der Waals surface area contributed by atoms with E-state index in [0.717, 1.165) is 41.6 Å². The van der Waals surface area contributed by atoms with E-state index < -0.39 is 12.0 Å². The van der Waals surface area contributed by atoms with Crippen molar-refractivity contribution in [2.24, 2.45) is 11.8 Å². The molecule has 0 bridgehead atoms. The van der Waals surface area contributed by atoms with Gasteiger partial charge in [0.05, 0.1) is 6.61 Å². The van der Waals surface area contributed by atoms with Gasteiger partial charge in [-0.25, -0.2) is 9.59 Å². The summed E-state index contributed by atoms with van der Waals surface area (Å²) in [6.45, 7) is 9.82. The van der Waals surface area contributed by atoms with E-state index >= 15 is 0 Å². The highest BCUT2D eigenvalue weighted by Gasteiger charge is 2.22. The van der Waals surface area contributed by atoms with E-state index in [1.54, 1.807) is 17.8 Å². The van der Waals surface area contributed by atoms with Gasteiger partial charge >= 0.3 is 12.1 Å². The summed E-state index contributed by atoms with van der Waals surface area (Å²) >= 11 is 1.56. The normalized spacial score (nSPS) is 14.4. The van der Waals surface area contributed by atoms with E-state index in [4.69, 9.17) is 4.74 Å². The van der Waals surface area contributed by atoms with Gasteiger partial charge in [0.25, 0.3) is 5.91 Å².